The molecule has 0 radical (unpaired) electrons. The molecule has 0 amide bonds. The topological polar surface area (TPSA) is 58.1 Å². The summed E-state index contributed by atoms with van der Waals surface area (Å²) in [7, 11) is 0. The van der Waals surface area contributed by atoms with Crippen LogP contribution in [-0.4, -0.2) is 75.0 Å². The van der Waals surface area contributed by atoms with Gasteiger partial charge < -0.3 is 20.1 Å². The second-order valence-corrected chi connectivity index (χ2v) is 7.56. The van der Waals surface area contributed by atoms with E-state index >= 15 is 0 Å². The molecule has 1 fully saturated rings. The molecule has 1 saturated heterocycles. The Morgan fingerprint density at radius 3 is 2.44 bits per heavy atom. The molecule has 148 valence electrons. The number of morpholine rings is 1. The number of aliphatic imine (C=N–C) groups is 1. The van der Waals surface area contributed by atoms with Crippen molar-refractivity contribution in [3.05, 3.63) is 0 Å². The van der Waals surface area contributed by atoms with Crippen molar-refractivity contribution < 1.29 is 9.47 Å². The third-order valence-electron chi connectivity index (χ3n) is 4.68. The number of hydrogen-bond donors (Lipinski definition) is 2. The number of rotatable bonds is 10. The van der Waals surface area contributed by atoms with Crippen LogP contribution in [0, 0.1) is 5.92 Å². The minimum Gasteiger partial charge on any atom is -0.379 e. The molecule has 1 heterocycles. The van der Waals surface area contributed by atoms with E-state index in [1.165, 1.54) is 0 Å². The van der Waals surface area contributed by atoms with Crippen molar-refractivity contribution in [3.63, 3.8) is 0 Å². The summed E-state index contributed by atoms with van der Waals surface area (Å²) in [6.45, 7) is 20.0. The first-order valence-corrected chi connectivity index (χ1v) is 9.87. The average Bonchev–Trinajstić information content (AvgIpc) is 2.59. The number of guanidine groups is 1. The highest BCUT2D eigenvalue weighted by atomic mass is 16.5. The van der Waals surface area contributed by atoms with Gasteiger partial charge in [-0.05, 0) is 40.0 Å². The number of nitrogens with one attached hydrogen (secondary N) is 2. The van der Waals surface area contributed by atoms with E-state index in [1.54, 1.807) is 0 Å². The van der Waals surface area contributed by atoms with Crippen LogP contribution < -0.4 is 10.6 Å². The van der Waals surface area contributed by atoms with Crippen LogP contribution >= 0.6 is 0 Å². The lowest BCUT2D eigenvalue weighted by Crippen LogP contribution is -2.52. The van der Waals surface area contributed by atoms with Gasteiger partial charge in [-0.3, -0.25) is 9.89 Å². The lowest BCUT2D eigenvalue weighted by molar-refractivity contribution is -0.00684. The highest BCUT2D eigenvalue weighted by Gasteiger charge is 2.28. The zero-order valence-corrected chi connectivity index (χ0v) is 17.2. The van der Waals surface area contributed by atoms with Gasteiger partial charge in [0.25, 0.3) is 0 Å². The zero-order chi connectivity index (χ0) is 18.7. The molecule has 0 aromatic rings. The van der Waals surface area contributed by atoms with Crippen LogP contribution in [0.1, 0.15) is 48.0 Å². The molecular weight excluding hydrogens is 316 g/mol. The average molecular weight is 357 g/mol. The summed E-state index contributed by atoms with van der Waals surface area (Å²) in [6, 6.07) is 0. The van der Waals surface area contributed by atoms with Gasteiger partial charge in [0.1, 0.15) is 0 Å². The van der Waals surface area contributed by atoms with E-state index in [0.717, 1.165) is 64.9 Å². The molecule has 0 saturated carbocycles. The second-order valence-electron chi connectivity index (χ2n) is 7.56. The quantitative estimate of drug-likeness (QED) is 0.464. The lowest BCUT2D eigenvalue weighted by atomic mass is 10.0. The van der Waals surface area contributed by atoms with Crippen LogP contribution in [0.15, 0.2) is 4.99 Å². The van der Waals surface area contributed by atoms with Gasteiger partial charge in [0.05, 0.1) is 25.9 Å². The van der Waals surface area contributed by atoms with Crippen LogP contribution in [-0.2, 0) is 9.47 Å². The molecule has 25 heavy (non-hydrogen) atoms. The van der Waals surface area contributed by atoms with Crippen LogP contribution in [0.3, 0.4) is 0 Å². The fourth-order valence-corrected chi connectivity index (χ4v) is 3.04. The predicted octanol–water partition coefficient (Wildman–Crippen LogP) is 2.10. The highest BCUT2D eigenvalue weighted by molar-refractivity contribution is 5.79. The van der Waals surface area contributed by atoms with Crippen LogP contribution in [0.4, 0.5) is 0 Å². The van der Waals surface area contributed by atoms with E-state index in [4.69, 9.17) is 14.5 Å². The Hall–Kier alpha value is -0.850. The van der Waals surface area contributed by atoms with Gasteiger partial charge in [-0.25, -0.2) is 0 Å². The Labute approximate surface area is 154 Å². The van der Waals surface area contributed by atoms with E-state index in [9.17, 15) is 0 Å². The van der Waals surface area contributed by atoms with Crippen molar-refractivity contribution in [2.45, 2.75) is 59.6 Å². The highest BCUT2D eigenvalue weighted by Crippen LogP contribution is 2.16. The van der Waals surface area contributed by atoms with Crippen molar-refractivity contribution >= 4 is 5.96 Å². The Morgan fingerprint density at radius 1 is 1.20 bits per heavy atom. The molecule has 1 atom stereocenters. The van der Waals surface area contributed by atoms with E-state index in [-0.39, 0.29) is 5.54 Å². The largest absolute Gasteiger partial charge is 0.379 e. The Bertz CT molecular complexity index is 380. The van der Waals surface area contributed by atoms with Crippen molar-refractivity contribution in [3.8, 4) is 0 Å². The molecule has 1 unspecified atom stereocenters. The zero-order valence-electron chi connectivity index (χ0n) is 17.2. The van der Waals surface area contributed by atoms with Crippen LogP contribution in [0.5, 0.6) is 0 Å². The van der Waals surface area contributed by atoms with Gasteiger partial charge in [0, 0.05) is 38.3 Å². The summed E-state index contributed by atoms with van der Waals surface area (Å²) in [6.07, 6.45) is 1.29. The third kappa shape index (κ3) is 8.38. The molecule has 0 aromatic heterocycles. The summed E-state index contributed by atoms with van der Waals surface area (Å²) in [5.41, 5.74) is 0.0396. The predicted molar refractivity (Wildman–Crippen MR) is 105 cm³/mol. The van der Waals surface area contributed by atoms with Gasteiger partial charge in [0.15, 0.2) is 5.96 Å². The maximum absolute atomic E-state index is 5.82. The lowest BCUT2D eigenvalue weighted by Gasteiger charge is -2.39. The summed E-state index contributed by atoms with van der Waals surface area (Å²) < 4.78 is 11.3. The number of hydrogen-bond acceptors (Lipinski definition) is 4. The normalized spacial score (nSPS) is 18.4. The van der Waals surface area contributed by atoms with Gasteiger partial charge in [-0.15, -0.1) is 0 Å². The van der Waals surface area contributed by atoms with Crippen molar-refractivity contribution in [1.29, 1.82) is 0 Å². The molecule has 6 nitrogen and oxygen atoms in total. The first-order chi connectivity index (χ1) is 11.9. The van der Waals surface area contributed by atoms with Crippen molar-refractivity contribution in [1.82, 2.24) is 15.5 Å². The standard InChI is InChI=1S/C19H40N4O2/c1-7-20-18(21-10-9-17(16(3)4)25-8-2)22-15-19(5,6)23-11-13-24-14-12-23/h16-17H,7-15H2,1-6H3,(H2,20,21,22). The van der Waals surface area contributed by atoms with E-state index < -0.39 is 0 Å². The first-order valence-electron chi connectivity index (χ1n) is 9.87. The maximum atomic E-state index is 5.82. The number of nitrogens with zero attached hydrogens (tertiary/aromatic N) is 2. The third-order valence-corrected chi connectivity index (χ3v) is 4.68. The van der Waals surface area contributed by atoms with E-state index in [1.807, 2.05) is 0 Å². The Morgan fingerprint density at radius 2 is 1.88 bits per heavy atom. The van der Waals surface area contributed by atoms with Crippen molar-refractivity contribution in [2.75, 3.05) is 52.5 Å². The fourth-order valence-electron chi connectivity index (χ4n) is 3.04. The number of ether oxygens (including phenoxy) is 2. The fraction of sp³-hybridized carbons (Fsp3) is 0.947. The summed E-state index contributed by atoms with van der Waals surface area (Å²) >= 11 is 0. The summed E-state index contributed by atoms with van der Waals surface area (Å²) in [5, 5.41) is 6.80. The van der Waals surface area contributed by atoms with Crippen LogP contribution in [0.25, 0.3) is 0 Å². The SMILES string of the molecule is CCNC(=NCC(C)(C)N1CCOCC1)NCCC(OCC)C(C)C. The Balaban J connectivity index is 2.52. The van der Waals surface area contributed by atoms with Gasteiger partial charge >= 0.3 is 0 Å². The minimum absolute atomic E-state index is 0.0396. The summed E-state index contributed by atoms with van der Waals surface area (Å²) in [5.74, 6) is 1.42. The molecule has 1 rings (SSSR count). The van der Waals surface area contributed by atoms with E-state index in [2.05, 4.69) is 57.1 Å². The minimum atomic E-state index is 0.0396. The molecule has 1 aliphatic heterocycles. The van der Waals surface area contributed by atoms with Crippen LogP contribution in [0.2, 0.25) is 0 Å². The van der Waals surface area contributed by atoms with Gasteiger partial charge in [0.2, 0.25) is 0 Å². The monoisotopic (exact) mass is 356 g/mol. The molecule has 0 aliphatic carbocycles. The summed E-state index contributed by atoms with van der Waals surface area (Å²) in [4.78, 5) is 7.28. The molecule has 1 aliphatic rings. The second kappa shape index (κ2) is 11.7. The van der Waals surface area contributed by atoms with E-state index in [0.29, 0.717) is 12.0 Å². The molecule has 2 N–H and O–H groups in total. The van der Waals surface area contributed by atoms with Crippen molar-refractivity contribution in [2.24, 2.45) is 10.9 Å². The first kappa shape index (κ1) is 22.2. The molecule has 0 spiro atoms. The van der Waals surface area contributed by atoms with Gasteiger partial charge in [-0.2, -0.15) is 0 Å². The molecule has 0 aromatic carbocycles. The molecular formula is C19H40N4O2. The maximum Gasteiger partial charge on any atom is 0.191 e. The molecule has 0 bridgehead atoms. The Kier molecular flexibility index (Phi) is 10.4. The smallest absolute Gasteiger partial charge is 0.191 e. The molecule has 6 heteroatoms. The van der Waals surface area contributed by atoms with Gasteiger partial charge in [-0.1, -0.05) is 13.8 Å².